The first kappa shape index (κ1) is 56.4. The molecule has 0 spiro atoms. The standard InChI is InChI=1S/C7H8NO.C5H5.6CH3.2ClH.H2Si.Zr/c1-9-7-4-2-6(8)3-5-7;1-2-4-5-3-1;;;;;;;;;;/h2-5,8H,1H3;1-3H,4H2;6*1H3;2*1H;1H2;/q8*-1;;;;. The SMILES string of the molecule is COc1ccc([NH-])cc1.Cl.Cl.[C-]1=CC=CC1.[CH3-].[CH3-].[CH3-].[CH3-].[CH3-].[CH3-].[SiH2]=[Zr]. The second kappa shape index (κ2) is 43.5. The molecule has 0 aromatic heterocycles. The minimum atomic E-state index is 0. The van der Waals surface area contributed by atoms with Crippen LogP contribution in [0.2, 0.25) is 0 Å². The van der Waals surface area contributed by atoms with Crippen molar-refractivity contribution in [3.8, 4) is 5.75 Å². The fraction of sp³-hybridized carbons (Fsp3) is 0.111. The van der Waals surface area contributed by atoms with E-state index in [4.69, 9.17) is 10.5 Å². The van der Waals surface area contributed by atoms with Gasteiger partial charge in [0.25, 0.3) is 0 Å². The van der Waals surface area contributed by atoms with Crippen molar-refractivity contribution in [3.63, 3.8) is 0 Å². The summed E-state index contributed by atoms with van der Waals surface area (Å²) >= 11 is 1.58. The van der Waals surface area contributed by atoms with Crippen LogP contribution in [-0.4, -0.2) is 14.0 Å². The third-order valence-electron chi connectivity index (χ3n) is 1.68. The molecule has 24 heavy (non-hydrogen) atoms. The zero-order valence-corrected chi connectivity index (χ0v) is 21.7. The summed E-state index contributed by atoms with van der Waals surface area (Å²) < 4.78 is 4.89. The Morgan fingerprint density at radius 3 is 1.58 bits per heavy atom. The molecule has 2 rings (SSSR count). The molecule has 148 valence electrons. The summed E-state index contributed by atoms with van der Waals surface area (Å²) in [4.78, 5) is 0. The Labute approximate surface area is 182 Å². The van der Waals surface area contributed by atoms with Crippen molar-refractivity contribution in [2.24, 2.45) is 0 Å². The molecule has 1 aromatic rings. The molecule has 0 unspecified atom stereocenters. The van der Waals surface area contributed by atoms with Crippen molar-refractivity contribution < 1.29 is 28.1 Å². The van der Waals surface area contributed by atoms with Gasteiger partial charge in [0.1, 0.15) is 5.75 Å². The van der Waals surface area contributed by atoms with Crippen LogP contribution in [0.4, 0.5) is 5.69 Å². The molecular formula is C18H35Cl2NOSiZr-8. The first-order valence-corrected chi connectivity index (χ1v) is 10.7. The molecule has 0 saturated heterocycles. The van der Waals surface area contributed by atoms with E-state index in [9.17, 15) is 0 Å². The van der Waals surface area contributed by atoms with Gasteiger partial charge in [-0.25, -0.2) is 12.2 Å². The van der Waals surface area contributed by atoms with E-state index in [1.165, 1.54) is 0 Å². The van der Waals surface area contributed by atoms with E-state index in [0.29, 0.717) is 5.69 Å². The van der Waals surface area contributed by atoms with Crippen LogP contribution in [0.25, 0.3) is 5.73 Å². The van der Waals surface area contributed by atoms with Crippen LogP contribution in [0.15, 0.2) is 42.5 Å². The van der Waals surface area contributed by atoms with Crippen molar-refractivity contribution in [2.75, 3.05) is 7.11 Å². The van der Waals surface area contributed by atoms with Gasteiger partial charge in [-0.1, -0.05) is 12.1 Å². The van der Waals surface area contributed by atoms with Gasteiger partial charge in [0, 0.05) is 0 Å². The van der Waals surface area contributed by atoms with Crippen LogP contribution in [0.1, 0.15) is 6.42 Å². The van der Waals surface area contributed by atoms with E-state index in [1.54, 1.807) is 54.7 Å². The number of halogens is 2. The average molecular weight is 472 g/mol. The summed E-state index contributed by atoms with van der Waals surface area (Å²) in [6.07, 6.45) is 10.0. The van der Waals surface area contributed by atoms with Gasteiger partial charge in [0.05, 0.1) is 7.11 Å². The Balaban J connectivity index is -0.0000000195. The van der Waals surface area contributed by atoms with Crippen molar-refractivity contribution in [1.29, 1.82) is 0 Å². The van der Waals surface area contributed by atoms with E-state index >= 15 is 0 Å². The zero-order chi connectivity index (χ0) is 12.2. The van der Waals surface area contributed by atoms with Crippen LogP contribution in [-0.2, 0) is 23.3 Å². The molecule has 0 heterocycles. The maximum atomic E-state index is 7.11. The maximum absolute atomic E-state index is 7.11. The minimum absolute atomic E-state index is 0. The molecule has 0 fully saturated rings. The monoisotopic (exact) mass is 469 g/mol. The second-order valence-electron chi connectivity index (χ2n) is 2.73. The predicted molar refractivity (Wildman–Crippen MR) is 120 cm³/mol. The summed E-state index contributed by atoms with van der Waals surface area (Å²) in [6.45, 7) is 1.95. The number of methoxy groups -OCH3 is 1. The van der Waals surface area contributed by atoms with Crippen LogP contribution in [0.3, 0.4) is 0 Å². The summed E-state index contributed by atoms with van der Waals surface area (Å²) in [5, 5.41) is 0. The van der Waals surface area contributed by atoms with E-state index in [2.05, 4.69) is 12.2 Å². The molecule has 6 heteroatoms. The van der Waals surface area contributed by atoms with Gasteiger partial charge in [-0.05, 0) is 12.1 Å². The Morgan fingerprint density at radius 2 is 1.38 bits per heavy atom. The zero-order valence-electron chi connectivity index (χ0n) is 16.2. The Morgan fingerprint density at radius 1 is 0.958 bits per heavy atom. The van der Waals surface area contributed by atoms with Crippen molar-refractivity contribution in [2.45, 2.75) is 6.42 Å². The fourth-order valence-corrected chi connectivity index (χ4v) is 0.931. The Kier molecular flexibility index (Phi) is 102. The van der Waals surface area contributed by atoms with E-state index in [0.717, 1.165) is 12.2 Å². The van der Waals surface area contributed by atoms with Crippen LogP contribution in [0.5, 0.6) is 5.75 Å². The number of rotatable bonds is 1. The van der Waals surface area contributed by atoms with Gasteiger partial charge >= 0.3 is 30.2 Å². The second-order valence-corrected chi connectivity index (χ2v) is 2.73. The molecule has 0 aliphatic heterocycles. The topological polar surface area (TPSA) is 33.0 Å². The number of nitrogens with one attached hydrogen (secondary N) is 1. The van der Waals surface area contributed by atoms with Gasteiger partial charge in [-0.2, -0.15) is 6.08 Å². The molecule has 0 bridgehead atoms. The van der Waals surface area contributed by atoms with Gasteiger partial charge in [-0.3, -0.25) is 6.08 Å². The Hall–Kier alpha value is -0.0200. The number of ether oxygens (including phenoxy) is 1. The molecule has 1 aromatic carbocycles. The molecular weight excluding hydrogens is 436 g/mol. The van der Waals surface area contributed by atoms with Crippen LogP contribution < -0.4 is 4.74 Å². The molecule has 0 radical (unpaired) electrons. The quantitative estimate of drug-likeness (QED) is 0.349. The predicted octanol–water partition coefficient (Wildman–Crippen LogP) is 6.31. The van der Waals surface area contributed by atoms with E-state index in [-0.39, 0.29) is 69.4 Å². The summed E-state index contributed by atoms with van der Waals surface area (Å²) in [6, 6.07) is 6.92. The summed E-state index contributed by atoms with van der Waals surface area (Å²) in [5.41, 5.74) is 7.62. The van der Waals surface area contributed by atoms with Crippen molar-refractivity contribution in [3.05, 3.63) is 98.9 Å². The van der Waals surface area contributed by atoms with Gasteiger partial charge in [0.2, 0.25) is 0 Å². The van der Waals surface area contributed by atoms with Crippen molar-refractivity contribution in [1.82, 2.24) is 0 Å². The molecule has 0 saturated carbocycles. The van der Waals surface area contributed by atoms with Crippen LogP contribution >= 0.6 is 24.8 Å². The van der Waals surface area contributed by atoms with Gasteiger partial charge in [-0.15, -0.1) is 36.9 Å². The summed E-state index contributed by atoms with van der Waals surface area (Å²) in [5.74, 6) is 0.797. The van der Waals surface area contributed by atoms with Crippen LogP contribution in [0, 0.1) is 50.6 Å². The molecule has 1 aliphatic carbocycles. The number of benzene rings is 1. The van der Waals surface area contributed by atoms with E-state index < -0.39 is 0 Å². The number of allylic oxidation sites excluding steroid dienone is 4. The number of hydrogen-bond donors (Lipinski definition) is 0. The van der Waals surface area contributed by atoms with Gasteiger partial charge in [0.15, 0.2) is 0 Å². The van der Waals surface area contributed by atoms with E-state index in [1.807, 2.05) is 19.0 Å². The fourth-order valence-electron chi connectivity index (χ4n) is 0.931. The number of hydrogen-bond acceptors (Lipinski definition) is 1. The first-order chi connectivity index (χ1) is 7.83. The molecule has 1 aliphatic rings. The third-order valence-corrected chi connectivity index (χ3v) is 1.68. The molecule has 1 N–H and O–H groups in total. The molecule has 0 atom stereocenters. The average Bonchev–Trinajstić information content (AvgIpc) is 2.91. The molecule has 2 nitrogen and oxygen atoms in total. The molecule has 0 amide bonds. The third kappa shape index (κ3) is 33.6. The normalized spacial score (nSPS) is 7.17. The first-order valence-electron chi connectivity index (χ1n) is 4.75. The van der Waals surface area contributed by atoms with Gasteiger partial charge < -0.3 is 55.0 Å². The summed E-state index contributed by atoms with van der Waals surface area (Å²) in [7, 11) is 1.61. The Bertz CT molecular complexity index is 337. The van der Waals surface area contributed by atoms with Crippen molar-refractivity contribution >= 4 is 37.4 Å².